The van der Waals surface area contributed by atoms with Crippen LogP contribution in [0.2, 0.25) is 0 Å². The second kappa shape index (κ2) is 9.87. The number of cyclic esters (lactones) is 1. The Morgan fingerprint density at radius 3 is 2.17 bits per heavy atom. The van der Waals surface area contributed by atoms with Crippen molar-refractivity contribution in [2.75, 3.05) is 13.2 Å². The molecular formula is C25H35N3O8. The van der Waals surface area contributed by atoms with Crippen molar-refractivity contribution >= 4 is 24.4 Å². The molecule has 2 aliphatic rings. The summed E-state index contributed by atoms with van der Waals surface area (Å²) in [4.78, 5) is 52.4. The first-order valence-corrected chi connectivity index (χ1v) is 11.9. The van der Waals surface area contributed by atoms with Gasteiger partial charge in [-0.2, -0.15) is 0 Å². The van der Waals surface area contributed by atoms with E-state index in [9.17, 15) is 24.3 Å². The van der Waals surface area contributed by atoms with E-state index >= 15 is 0 Å². The molecule has 1 N–H and O–H groups in total. The maximum Gasteiger partial charge on any atom is 0.429 e. The normalized spacial score (nSPS) is 22.8. The zero-order chi connectivity index (χ0) is 26.9. The average molecular weight is 506 g/mol. The van der Waals surface area contributed by atoms with E-state index in [1.165, 1.54) is 0 Å². The van der Waals surface area contributed by atoms with Gasteiger partial charge in [-0.1, -0.05) is 30.3 Å². The lowest BCUT2D eigenvalue weighted by atomic mass is 9.80. The zero-order valence-electron chi connectivity index (χ0n) is 21.6. The fourth-order valence-electron chi connectivity index (χ4n) is 4.57. The Labute approximate surface area is 210 Å². The SMILES string of the molecule is CC(C)(C)OC(=O)N1CCC[C@H]([C@]2(Cc3ccccc3)COC(=O)N2C(=O)O)N1C(=O)OC(C)(C)C. The van der Waals surface area contributed by atoms with Crippen molar-refractivity contribution < 1.29 is 38.5 Å². The molecule has 1 aromatic rings. The van der Waals surface area contributed by atoms with Gasteiger partial charge >= 0.3 is 24.4 Å². The van der Waals surface area contributed by atoms with E-state index in [0.717, 1.165) is 15.6 Å². The molecule has 2 heterocycles. The van der Waals surface area contributed by atoms with Gasteiger partial charge < -0.3 is 19.3 Å². The predicted molar refractivity (Wildman–Crippen MR) is 128 cm³/mol. The van der Waals surface area contributed by atoms with Gasteiger partial charge in [0.2, 0.25) is 0 Å². The Hall–Kier alpha value is -3.50. The number of benzene rings is 1. The van der Waals surface area contributed by atoms with E-state index in [1.807, 2.05) is 6.07 Å². The largest absolute Gasteiger partial charge is 0.465 e. The van der Waals surface area contributed by atoms with Crippen LogP contribution in [0.15, 0.2) is 30.3 Å². The summed E-state index contributed by atoms with van der Waals surface area (Å²) in [7, 11) is 0. The molecule has 0 saturated carbocycles. The Bertz CT molecular complexity index is 1000. The third-order valence-electron chi connectivity index (χ3n) is 5.83. The molecule has 0 radical (unpaired) electrons. The third-order valence-corrected chi connectivity index (χ3v) is 5.83. The molecular weight excluding hydrogens is 470 g/mol. The van der Waals surface area contributed by atoms with E-state index in [4.69, 9.17) is 14.2 Å². The fourth-order valence-corrected chi connectivity index (χ4v) is 4.57. The van der Waals surface area contributed by atoms with Gasteiger partial charge in [0.25, 0.3) is 0 Å². The first-order chi connectivity index (χ1) is 16.6. The van der Waals surface area contributed by atoms with E-state index < -0.39 is 47.2 Å². The number of ether oxygens (including phenoxy) is 3. The molecule has 4 amide bonds. The Balaban J connectivity index is 2.14. The van der Waals surface area contributed by atoms with E-state index in [-0.39, 0.29) is 19.6 Å². The monoisotopic (exact) mass is 505 g/mol. The molecule has 0 spiro atoms. The van der Waals surface area contributed by atoms with Gasteiger partial charge in [-0.3, -0.25) is 0 Å². The summed E-state index contributed by atoms with van der Waals surface area (Å²) >= 11 is 0. The zero-order valence-corrected chi connectivity index (χ0v) is 21.6. The molecule has 11 nitrogen and oxygen atoms in total. The lowest BCUT2D eigenvalue weighted by Crippen LogP contribution is -2.71. The summed E-state index contributed by atoms with van der Waals surface area (Å²) in [5.74, 6) is 0. The van der Waals surface area contributed by atoms with Crippen molar-refractivity contribution in [3.05, 3.63) is 35.9 Å². The molecule has 0 aliphatic carbocycles. The highest BCUT2D eigenvalue weighted by Gasteiger charge is 2.60. The third kappa shape index (κ3) is 5.83. The van der Waals surface area contributed by atoms with Crippen LogP contribution in [0.5, 0.6) is 0 Å². The van der Waals surface area contributed by atoms with Crippen LogP contribution in [0.4, 0.5) is 19.2 Å². The van der Waals surface area contributed by atoms with Crippen molar-refractivity contribution in [3.8, 4) is 0 Å². The van der Waals surface area contributed by atoms with E-state index in [2.05, 4.69) is 0 Å². The quantitative estimate of drug-likeness (QED) is 0.589. The standard InChI is InChI=1S/C25H35N3O8/c1-23(2,3)35-20(31)26-14-10-13-18(28(26)22(33)36-24(4,5)6)25(15-17-11-8-7-9-12-17)16-34-21(32)27(25)19(29)30/h7-9,11-12,18H,10,13-16H2,1-6H3,(H,29,30)/t18-,25+/m1/s1. The molecule has 1 aromatic carbocycles. The lowest BCUT2D eigenvalue weighted by molar-refractivity contribution is -0.119. The molecule has 0 bridgehead atoms. The molecule has 0 unspecified atom stereocenters. The highest BCUT2D eigenvalue weighted by atomic mass is 16.6. The van der Waals surface area contributed by atoms with Crippen molar-refractivity contribution in [1.82, 2.24) is 14.9 Å². The number of amides is 4. The number of rotatable bonds is 3. The number of carbonyl (C=O) groups is 4. The van der Waals surface area contributed by atoms with Crippen LogP contribution >= 0.6 is 0 Å². The van der Waals surface area contributed by atoms with Crippen LogP contribution in [-0.2, 0) is 20.6 Å². The number of hydrazine groups is 1. The van der Waals surface area contributed by atoms with Gasteiger partial charge in [0.15, 0.2) is 0 Å². The van der Waals surface area contributed by atoms with Gasteiger partial charge in [-0.25, -0.2) is 34.1 Å². The van der Waals surface area contributed by atoms with E-state index in [1.54, 1.807) is 65.8 Å². The van der Waals surface area contributed by atoms with Gasteiger partial charge in [-0.05, 0) is 59.9 Å². The summed E-state index contributed by atoms with van der Waals surface area (Å²) in [5.41, 5.74) is -2.52. The van der Waals surface area contributed by atoms with Crippen LogP contribution in [0.25, 0.3) is 0 Å². The van der Waals surface area contributed by atoms with Crippen molar-refractivity contribution in [3.63, 3.8) is 0 Å². The number of hydrogen-bond acceptors (Lipinski definition) is 7. The summed E-state index contributed by atoms with van der Waals surface area (Å²) in [5, 5.41) is 12.3. The number of hydrogen-bond donors (Lipinski definition) is 1. The van der Waals surface area contributed by atoms with Crippen LogP contribution in [0, 0.1) is 0 Å². The van der Waals surface area contributed by atoms with Crippen LogP contribution in [-0.4, -0.2) is 80.3 Å². The highest BCUT2D eigenvalue weighted by Crippen LogP contribution is 2.40. The Morgan fingerprint density at radius 2 is 1.61 bits per heavy atom. The summed E-state index contributed by atoms with van der Waals surface area (Å²) in [6.07, 6.45) is -3.37. The van der Waals surface area contributed by atoms with Gasteiger partial charge in [0, 0.05) is 13.0 Å². The van der Waals surface area contributed by atoms with Crippen molar-refractivity contribution in [2.45, 2.75) is 83.6 Å². The Morgan fingerprint density at radius 1 is 1.03 bits per heavy atom. The molecule has 2 atom stereocenters. The van der Waals surface area contributed by atoms with Crippen LogP contribution in [0.3, 0.4) is 0 Å². The van der Waals surface area contributed by atoms with Crippen LogP contribution < -0.4 is 0 Å². The second-order valence-electron chi connectivity index (χ2n) is 11.0. The molecule has 2 aliphatic heterocycles. The number of nitrogens with zero attached hydrogens (tertiary/aromatic N) is 3. The summed E-state index contributed by atoms with van der Waals surface area (Å²) < 4.78 is 16.5. The lowest BCUT2D eigenvalue weighted by Gasteiger charge is -2.50. The first-order valence-electron chi connectivity index (χ1n) is 11.9. The molecule has 2 fully saturated rings. The predicted octanol–water partition coefficient (Wildman–Crippen LogP) is 4.65. The highest BCUT2D eigenvalue weighted by molar-refractivity contribution is 5.90. The summed E-state index contributed by atoms with van der Waals surface area (Å²) in [6.45, 7) is 10.0. The van der Waals surface area contributed by atoms with Gasteiger partial charge in [0.1, 0.15) is 23.3 Å². The average Bonchev–Trinajstić information content (AvgIpc) is 3.08. The number of carbonyl (C=O) groups excluding carboxylic acids is 3. The molecule has 0 aromatic heterocycles. The molecule has 198 valence electrons. The topological polar surface area (TPSA) is 126 Å². The smallest absolute Gasteiger partial charge is 0.429 e. The minimum absolute atomic E-state index is 0.0675. The fraction of sp³-hybridized carbons (Fsp3) is 0.600. The molecule has 2 saturated heterocycles. The maximum absolute atomic E-state index is 13.6. The Kier molecular flexibility index (Phi) is 7.42. The maximum atomic E-state index is 13.6. The minimum atomic E-state index is -1.51. The van der Waals surface area contributed by atoms with Gasteiger partial charge in [-0.15, -0.1) is 0 Å². The van der Waals surface area contributed by atoms with E-state index in [0.29, 0.717) is 17.7 Å². The number of carboxylic acid groups (broad SMARTS) is 1. The summed E-state index contributed by atoms with van der Waals surface area (Å²) in [6, 6.07) is 8.06. The molecule has 36 heavy (non-hydrogen) atoms. The van der Waals surface area contributed by atoms with Crippen molar-refractivity contribution in [2.24, 2.45) is 0 Å². The molecule has 3 rings (SSSR count). The number of imide groups is 1. The first kappa shape index (κ1) is 27.1. The minimum Gasteiger partial charge on any atom is -0.465 e. The second-order valence-corrected chi connectivity index (χ2v) is 11.0. The molecule has 11 heteroatoms. The van der Waals surface area contributed by atoms with Crippen LogP contribution in [0.1, 0.15) is 59.9 Å². The van der Waals surface area contributed by atoms with Crippen molar-refractivity contribution in [1.29, 1.82) is 0 Å². The van der Waals surface area contributed by atoms with Gasteiger partial charge in [0.05, 0.1) is 6.04 Å².